The first-order chi connectivity index (χ1) is 18.3. The summed E-state index contributed by atoms with van der Waals surface area (Å²) in [4.78, 5) is 4.70. The third kappa shape index (κ3) is 5.28. The summed E-state index contributed by atoms with van der Waals surface area (Å²) in [6.45, 7) is -0.569. The van der Waals surface area contributed by atoms with Crippen molar-refractivity contribution < 1.29 is 58.0 Å². The SMILES string of the molecule is Cc1ccc(C(OCC(F)(F)F)C2(OO)C3CC4CC2CC(Cl)(C4)C3)cc1OC1OC(CO)C(O)C(O)C1O. The van der Waals surface area contributed by atoms with E-state index in [2.05, 4.69) is 0 Å². The van der Waals surface area contributed by atoms with Gasteiger partial charge in [0, 0.05) is 4.87 Å². The lowest BCUT2D eigenvalue weighted by molar-refractivity contribution is -0.404. The monoisotopic (exact) mass is 582 g/mol. The molecule has 8 atom stereocenters. The minimum atomic E-state index is -4.64. The Morgan fingerprint density at radius 2 is 1.74 bits per heavy atom. The van der Waals surface area contributed by atoms with Crippen molar-refractivity contribution in [1.82, 2.24) is 0 Å². The van der Waals surface area contributed by atoms with Gasteiger partial charge in [0.15, 0.2) is 0 Å². The predicted octanol–water partition coefficient (Wildman–Crippen LogP) is 2.84. The Hall–Kier alpha value is -1.22. The second kappa shape index (κ2) is 10.6. The minimum Gasteiger partial charge on any atom is -0.462 e. The maximum atomic E-state index is 13.4. The Kier molecular flexibility index (Phi) is 7.93. The van der Waals surface area contributed by atoms with Crippen molar-refractivity contribution in [3.63, 3.8) is 0 Å². The molecule has 6 rings (SSSR count). The highest BCUT2D eigenvalue weighted by molar-refractivity contribution is 6.24. The lowest BCUT2D eigenvalue weighted by atomic mass is 9.48. The minimum absolute atomic E-state index is 0.100. The average molecular weight is 583 g/mol. The van der Waals surface area contributed by atoms with E-state index in [0.717, 1.165) is 6.42 Å². The number of ether oxygens (including phenoxy) is 3. The van der Waals surface area contributed by atoms with Gasteiger partial charge in [-0.1, -0.05) is 12.1 Å². The van der Waals surface area contributed by atoms with Gasteiger partial charge >= 0.3 is 6.18 Å². The van der Waals surface area contributed by atoms with Gasteiger partial charge in [0.1, 0.15) is 48.5 Å². The number of hydrogen-bond acceptors (Lipinski definition) is 9. The number of halogens is 4. The second-order valence-corrected chi connectivity index (χ2v) is 12.4. The average Bonchev–Trinajstić information content (AvgIpc) is 2.86. The fraction of sp³-hybridized carbons (Fsp3) is 0.769. The molecule has 1 aromatic rings. The van der Waals surface area contributed by atoms with Crippen molar-refractivity contribution in [1.29, 1.82) is 0 Å². The van der Waals surface area contributed by atoms with Crippen LogP contribution in [0.3, 0.4) is 0 Å². The number of aliphatic hydroxyl groups is 4. The van der Waals surface area contributed by atoms with Gasteiger partial charge < -0.3 is 34.6 Å². The molecule has 4 bridgehead atoms. The highest BCUT2D eigenvalue weighted by Crippen LogP contribution is 2.66. The lowest BCUT2D eigenvalue weighted by Gasteiger charge is -2.63. The number of rotatable bonds is 8. The van der Waals surface area contributed by atoms with Crippen LogP contribution >= 0.6 is 11.6 Å². The maximum absolute atomic E-state index is 13.4. The summed E-state index contributed by atoms with van der Waals surface area (Å²) in [5.74, 6) is -0.306. The summed E-state index contributed by atoms with van der Waals surface area (Å²) in [5.41, 5.74) is -0.709. The largest absolute Gasteiger partial charge is 0.462 e. The Bertz CT molecular complexity index is 1020. The van der Waals surface area contributed by atoms with Gasteiger partial charge in [-0.3, -0.25) is 5.26 Å². The van der Waals surface area contributed by atoms with E-state index >= 15 is 0 Å². The van der Waals surface area contributed by atoms with Gasteiger partial charge in [-0.05, 0) is 74.0 Å². The molecule has 0 radical (unpaired) electrons. The lowest BCUT2D eigenvalue weighted by Crippen LogP contribution is -2.65. The van der Waals surface area contributed by atoms with Crippen LogP contribution in [0.25, 0.3) is 0 Å². The molecule has 9 nitrogen and oxygen atoms in total. The van der Waals surface area contributed by atoms with Gasteiger partial charge in [-0.15, -0.1) is 11.6 Å². The van der Waals surface area contributed by atoms with Crippen LogP contribution in [0.4, 0.5) is 13.2 Å². The van der Waals surface area contributed by atoms with Crippen LogP contribution in [0.15, 0.2) is 18.2 Å². The third-order valence-electron chi connectivity index (χ3n) is 8.98. The smallest absolute Gasteiger partial charge is 0.411 e. The van der Waals surface area contributed by atoms with Crippen molar-refractivity contribution in [2.75, 3.05) is 13.2 Å². The standard InChI is InChI=1S/C26H34ClF3O9/c1-12-2-3-14(6-17(12)37-23-21(34)20(33)19(32)18(10-31)38-23)22(36-11-25(28,29)30)26(39-35)15-4-13-5-16(26)9-24(27,7-13)8-15/h2-3,6,13,15-16,18-23,31-35H,4-5,7-11H2,1H3. The van der Waals surface area contributed by atoms with Crippen LogP contribution in [0.1, 0.15) is 49.3 Å². The molecule has 0 aromatic heterocycles. The Morgan fingerprint density at radius 3 is 2.31 bits per heavy atom. The summed E-state index contributed by atoms with van der Waals surface area (Å²) in [6.07, 6.45) is -10.6. The second-order valence-electron chi connectivity index (χ2n) is 11.6. The molecule has 1 heterocycles. The molecule has 4 saturated carbocycles. The fourth-order valence-corrected chi connectivity index (χ4v) is 7.98. The van der Waals surface area contributed by atoms with Crippen LogP contribution in [-0.2, 0) is 14.4 Å². The Labute approximate surface area is 228 Å². The topological polar surface area (TPSA) is 138 Å². The molecule has 5 aliphatic rings. The highest BCUT2D eigenvalue weighted by Gasteiger charge is 2.66. The maximum Gasteiger partial charge on any atom is 0.411 e. The number of benzene rings is 1. The molecule has 4 aliphatic carbocycles. The van der Waals surface area contributed by atoms with E-state index in [-0.39, 0.29) is 29.1 Å². The number of hydrogen-bond donors (Lipinski definition) is 5. The summed E-state index contributed by atoms with van der Waals surface area (Å²) in [6, 6.07) is 4.59. The third-order valence-corrected chi connectivity index (χ3v) is 9.44. The van der Waals surface area contributed by atoms with E-state index in [0.29, 0.717) is 31.2 Å². The van der Waals surface area contributed by atoms with Crippen molar-refractivity contribution in [2.24, 2.45) is 17.8 Å². The number of aliphatic hydroxyl groups excluding tert-OH is 4. The molecule has 0 amide bonds. The molecule has 0 spiro atoms. The molecule has 39 heavy (non-hydrogen) atoms. The van der Waals surface area contributed by atoms with Gasteiger partial charge in [-0.2, -0.15) is 13.2 Å². The quantitative estimate of drug-likeness (QED) is 0.178. The first-order valence-electron chi connectivity index (χ1n) is 13.1. The number of alkyl halides is 4. The summed E-state index contributed by atoms with van der Waals surface area (Å²) >= 11 is 6.86. The zero-order valence-corrected chi connectivity index (χ0v) is 22.0. The zero-order valence-electron chi connectivity index (χ0n) is 21.3. The molecule has 5 fully saturated rings. The van der Waals surface area contributed by atoms with Crippen molar-refractivity contribution >= 4 is 11.6 Å². The highest BCUT2D eigenvalue weighted by atomic mass is 35.5. The normalized spacial score (nSPS) is 42.5. The molecule has 8 unspecified atom stereocenters. The Morgan fingerprint density at radius 1 is 1.08 bits per heavy atom. The molecule has 1 aliphatic heterocycles. The number of aryl methyl sites for hydroxylation is 1. The van der Waals surface area contributed by atoms with E-state index in [1.54, 1.807) is 19.1 Å². The van der Waals surface area contributed by atoms with E-state index in [4.69, 9.17) is 30.7 Å². The summed E-state index contributed by atoms with van der Waals surface area (Å²) < 4.78 is 57.0. The summed E-state index contributed by atoms with van der Waals surface area (Å²) in [5, 5.41) is 50.4. The van der Waals surface area contributed by atoms with Gasteiger partial charge in [0.25, 0.3) is 0 Å². The van der Waals surface area contributed by atoms with Crippen LogP contribution in [0.2, 0.25) is 0 Å². The van der Waals surface area contributed by atoms with Crippen LogP contribution in [-0.4, -0.2) is 86.3 Å². The summed E-state index contributed by atoms with van der Waals surface area (Å²) in [7, 11) is 0. The van der Waals surface area contributed by atoms with E-state index in [1.807, 2.05) is 0 Å². The zero-order chi connectivity index (χ0) is 28.3. The van der Waals surface area contributed by atoms with Crippen molar-refractivity contribution in [2.45, 2.75) is 92.5 Å². The van der Waals surface area contributed by atoms with Gasteiger partial charge in [0.2, 0.25) is 6.29 Å². The molecule has 5 N–H and O–H groups in total. The molecular formula is C26H34ClF3O9. The Balaban J connectivity index is 1.50. The molecule has 220 valence electrons. The van der Waals surface area contributed by atoms with E-state index < -0.39 is 66.7 Å². The molecule has 1 aromatic carbocycles. The predicted molar refractivity (Wildman–Crippen MR) is 129 cm³/mol. The first-order valence-corrected chi connectivity index (χ1v) is 13.5. The molecular weight excluding hydrogens is 549 g/mol. The van der Waals surface area contributed by atoms with Gasteiger partial charge in [0.05, 0.1) is 6.61 Å². The van der Waals surface area contributed by atoms with Crippen molar-refractivity contribution in [3.05, 3.63) is 29.3 Å². The van der Waals surface area contributed by atoms with Crippen molar-refractivity contribution in [3.8, 4) is 5.75 Å². The van der Waals surface area contributed by atoms with Crippen LogP contribution in [0.5, 0.6) is 5.75 Å². The first kappa shape index (κ1) is 29.3. The van der Waals surface area contributed by atoms with Gasteiger partial charge in [-0.25, -0.2) is 4.89 Å². The van der Waals surface area contributed by atoms with E-state index in [1.165, 1.54) is 6.07 Å². The van der Waals surface area contributed by atoms with E-state index in [9.17, 15) is 38.9 Å². The fourth-order valence-electron chi connectivity index (χ4n) is 7.39. The molecule has 1 saturated heterocycles. The molecule has 13 heteroatoms. The van der Waals surface area contributed by atoms with Crippen LogP contribution < -0.4 is 4.74 Å². The van der Waals surface area contributed by atoms with Crippen LogP contribution in [0, 0.1) is 24.7 Å².